The van der Waals surface area contributed by atoms with Crippen molar-refractivity contribution in [1.29, 1.82) is 0 Å². The molecule has 1 amide bonds. The van der Waals surface area contributed by atoms with E-state index in [9.17, 15) is 4.79 Å². The van der Waals surface area contributed by atoms with Crippen LogP contribution < -0.4 is 9.80 Å². The van der Waals surface area contributed by atoms with Crippen LogP contribution in [0.2, 0.25) is 0 Å². The molecule has 1 N–H and O–H groups in total. The highest BCUT2D eigenvalue weighted by Crippen LogP contribution is 2.32. The third kappa shape index (κ3) is 3.81. The van der Waals surface area contributed by atoms with Gasteiger partial charge in [-0.2, -0.15) is 0 Å². The van der Waals surface area contributed by atoms with E-state index in [0.29, 0.717) is 12.3 Å². The molecular formula is C20H26N3O2S+. The van der Waals surface area contributed by atoms with Gasteiger partial charge < -0.3 is 9.32 Å². The minimum atomic E-state index is -0.130. The Hall–Kier alpha value is -2.18. The Labute approximate surface area is 158 Å². The van der Waals surface area contributed by atoms with E-state index in [1.165, 1.54) is 22.3 Å². The first-order valence-electron chi connectivity index (χ1n) is 9.10. The predicted octanol–water partition coefficient (Wildman–Crippen LogP) is 3.08. The molecule has 0 radical (unpaired) electrons. The third-order valence-electron chi connectivity index (χ3n) is 4.71. The fourth-order valence-corrected chi connectivity index (χ4v) is 4.21. The first-order chi connectivity index (χ1) is 12.5. The number of carbonyl (C=O) groups is 1. The summed E-state index contributed by atoms with van der Waals surface area (Å²) in [6, 6.07) is 7.69. The normalized spacial score (nSPS) is 11.4. The molecule has 26 heavy (non-hydrogen) atoms. The molecule has 5 nitrogen and oxygen atoms in total. The lowest BCUT2D eigenvalue weighted by Crippen LogP contribution is -3.12. The van der Waals surface area contributed by atoms with Gasteiger partial charge in [0.1, 0.15) is 0 Å². The van der Waals surface area contributed by atoms with Gasteiger partial charge in [0.25, 0.3) is 5.91 Å². The second-order valence-electron chi connectivity index (χ2n) is 6.57. The average Bonchev–Trinajstić information content (AvgIpc) is 3.28. The molecule has 0 spiro atoms. The van der Waals surface area contributed by atoms with E-state index in [-0.39, 0.29) is 5.91 Å². The Kier molecular flexibility index (Phi) is 5.74. The molecule has 3 rings (SSSR count). The number of carbonyl (C=O) groups excluding carboxylic acids is 1. The summed E-state index contributed by atoms with van der Waals surface area (Å²) in [6.45, 7) is 12.1. The highest BCUT2D eigenvalue weighted by atomic mass is 32.1. The third-order valence-corrected chi connectivity index (χ3v) is 5.94. The van der Waals surface area contributed by atoms with Crippen molar-refractivity contribution in [3.63, 3.8) is 0 Å². The van der Waals surface area contributed by atoms with Crippen LogP contribution in [0.25, 0.3) is 10.2 Å². The van der Waals surface area contributed by atoms with Crippen molar-refractivity contribution in [1.82, 2.24) is 4.98 Å². The molecule has 2 heterocycles. The second kappa shape index (κ2) is 8.01. The number of nitrogens with zero attached hydrogens (tertiary/aromatic N) is 2. The molecule has 0 bridgehead atoms. The number of rotatable bonds is 7. The standard InChI is InChI=1S/C20H25N3O2S/c1-5-22(6-2)9-10-23(19(24)17-8-7-11-25-17)20-21-16-13-14(3)12-15(4)18(16)26-20/h7-8,11-13H,5-6,9-10H2,1-4H3/p+1. The smallest absolute Gasteiger partial charge is 0.295 e. The number of fused-ring (bicyclic) bond motifs is 1. The zero-order valence-corrected chi connectivity index (χ0v) is 16.7. The van der Waals surface area contributed by atoms with Gasteiger partial charge in [0, 0.05) is 0 Å². The Morgan fingerprint density at radius 2 is 2.04 bits per heavy atom. The summed E-state index contributed by atoms with van der Waals surface area (Å²) < 4.78 is 6.49. The minimum absolute atomic E-state index is 0.130. The van der Waals surface area contributed by atoms with Gasteiger partial charge >= 0.3 is 0 Å². The number of benzene rings is 1. The zero-order valence-electron chi connectivity index (χ0n) is 15.8. The lowest BCUT2D eigenvalue weighted by atomic mass is 10.1. The Bertz CT molecular complexity index is 882. The topological polar surface area (TPSA) is 50.8 Å². The van der Waals surface area contributed by atoms with E-state index in [2.05, 4.69) is 39.8 Å². The van der Waals surface area contributed by atoms with Gasteiger partial charge in [-0.05, 0) is 57.0 Å². The van der Waals surface area contributed by atoms with E-state index >= 15 is 0 Å². The number of aryl methyl sites for hydroxylation is 2. The number of anilines is 1. The van der Waals surface area contributed by atoms with E-state index in [4.69, 9.17) is 9.40 Å². The largest absolute Gasteiger partial charge is 0.459 e. The van der Waals surface area contributed by atoms with Crippen LogP contribution in [-0.4, -0.2) is 37.1 Å². The SMILES string of the molecule is CC[NH+](CC)CCN(C(=O)c1ccco1)c1nc2cc(C)cc(C)c2s1. The summed E-state index contributed by atoms with van der Waals surface area (Å²) >= 11 is 1.58. The van der Waals surface area contributed by atoms with Gasteiger partial charge in [-0.25, -0.2) is 4.98 Å². The Morgan fingerprint density at radius 3 is 2.69 bits per heavy atom. The van der Waals surface area contributed by atoms with E-state index < -0.39 is 0 Å². The fourth-order valence-electron chi connectivity index (χ4n) is 3.17. The molecule has 2 aromatic heterocycles. The molecule has 138 valence electrons. The molecule has 6 heteroatoms. The second-order valence-corrected chi connectivity index (χ2v) is 7.55. The number of furan rings is 1. The molecule has 0 aliphatic carbocycles. The maximum atomic E-state index is 13.0. The lowest BCUT2D eigenvalue weighted by molar-refractivity contribution is -0.894. The fraction of sp³-hybridized carbons (Fsp3) is 0.400. The first-order valence-corrected chi connectivity index (χ1v) is 9.91. The van der Waals surface area contributed by atoms with Crippen LogP contribution in [0.3, 0.4) is 0 Å². The van der Waals surface area contributed by atoms with Crippen LogP contribution in [0.5, 0.6) is 0 Å². The molecule has 0 unspecified atom stereocenters. The summed E-state index contributed by atoms with van der Waals surface area (Å²) in [6.07, 6.45) is 1.53. The number of hydrogen-bond donors (Lipinski definition) is 1. The zero-order chi connectivity index (χ0) is 18.7. The van der Waals surface area contributed by atoms with Crippen molar-refractivity contribution in [2.45, 2.75) is 27.7 Å². The molecule has 3 aromatic rings. The van der Waals surface area contributed by atoms with Crippen LogP contribution >= 0.6 is 11.3 Å². The Morgan fingerprint density at radius 1 is 1.27 bits per heavy atom. The summed E-state index contributed by atoms with van der Waals surface area (Å²) in [5, 5.41) is 0.738. The van der Waals surface area contributed by atoms with Crippen LogP contribution in [0, 0.1) is 13.8 Å². The highest BCUT2D eigenvalue weighted by molar-refractivity contribution is 7.22. The minimum Gasteiger partial charge on any atom is -0.459 e. The van der Waals surface area contributed by atoms with E-state index in [0.717, 1.165) is 35.0 Å². The summed E-state index contributed by atoms with van der Waals surface area (Å²) in [5.41, 5.74) is 3.33. The van der Waals surface area contributed by atoms with Crippen molar-refractivity contribution in [3.8, 4) is 0 Å². The van der Waals surface area contributed by atoms with Gasteiger partial charge in [-0.1, -0.05) is 17.4 Å². The van der Waals surface area contributed by atoms with Gasteiger partial charge in [0.05, 0.1) is 42.7 Å². The first kappa shape index (κ1) is 18.6. The van der Waals surface area contributed by atoms with E-state index in [1.54, 1.807) is 28.4 Å². The molecule has 0 fully saturated rings. The quantitative estimate of drug-likeness (QED) is 0.693. The molecule has 0 aliphatic rings. The number of nitrogens with one attached hydrogen (secondary N) is 1. The molecule has 1 aromatic carbocycles. The maximum absolute atomic E-state index is 13.0. The number of amides is 1. The molecule has 0 atom stereocenters. The van der Waals surface area contributed by atoms with Gasteiger partial charge in [0.2, 0.25) is 0 Å². The van der Waals surface area contributed by atoms with Crippen LogP contribution in [0.15, 0.2) is 34.9 Å². The van der Waals surface area contributed by atoms with Gasteiger partial charge in [0.15, 0.2) is 10.9 Å². The van der Waals surface area contributed by atoms with Crippen molar-refractivity contribution < 1.29 is 14.1 Å². The number of aromatic nitrogens is 1. The average molecular weight is 373 g/mol. The molecule has 0 saturated heterocycles. The molecule has 0 saturated carbocycles. The van der Waals surface area contributed by atoms with Crippen molar-refractivity contribution >= 4 is 32.6 Å². The highest BCUT2D eigenvalue weighted by Gasteiger charge is 2.24. The van der Waals surface area contributed by atoms with Crippen LogP contribution in [0.1, 0.15) is 35.5 Å². The monoisotopic (exact) mass is 372 g/mol. The number of quaternary nitrogens is 1. The Balaban J connectivity index is 1.96. The predicted molar refractivity (Wildman–Crippen MR) is 106 cm³/mol. The molecule has 0 aliphatic heterocycles. The maximum Gasteiger partial charge on any atom is 0.295 e. The summed E-state index contributed by atoms with van der Waals surface area (Å²) in [7, 11) is 0. The summed E-state index contributed by atoms with van der Waals surface area (Å²) in [4.78, 5) is 21.0. The lowest BCUT2D eigenvalue weighted by Gasteiger charge is -2.22. The van der Waals surface area contributed by atoms with Crippen LogP contribution in [-0.2, 0) is 0 Å². The van der Waals surface area contributed by atoms with Crippen molar-refractivity contribution in [2.75, 3.05) is 31.1 Å². The van der Waals surface area contributed by atoms with Gasteiger partial charge in [-0.3, -0.25) is 9.69 Å². The molecular weight excluding hydrogens is 346 g/mol. The van der Waals surface area contributed by atoms with Crippen molar-refractivity contribution in [3.05, 3.63) is 47.4 Å². The number of likely N-dealkylation sites (N-methyl/N-ethyl adjacent to an activating group) is 1. The number of thiazole rings is 1. The van der Waals surface area contributed by atoms with Gasteiger partial charge in [-0.15, -0.1) is 0 Å². The van der Waals surface area contributed by atoms with Crippen LogP contribution in [0.4, 0.5) is 5.13 Å². The van der Waals surface area contributed by atoms with Crippen molar-refractivity contribution in [2.24, 2.45) is 0 Å². The summed E-state index contributed by atoms with van der Waals surface area (Å²) in [5.74, 6) is 0.224. The van der Waals surface area contributed by atoms with E-state index in [1.807, 2.05) is 0 Å². The number of hydrogen-bond acceptors (Lipinski definition) is 4.